The Morgan fingerprint density at radius 2 is 2.06 bits per heavy atom. The van der Waals surface area contributed by atoms with Crippen LogP contribution in [0.3, 0.4) is 0 Å². The van der Waals surface area contributed by atoms with E-state index in [2.05, 4.69) is 31.0 Å². The highest BCUT2D eigenvalue weighted by Crippen LogP contribution is 2.16. The van der Waals surface area contributed by atoms with Gasteiger partial charge in [-0.05, 0) is 46.6 Å². The number of nitrogens with zero attached hydrogens (tertiary/aromatic N) is 1. The monoisotopic (exact) mass is 242 g/mol. The van der Waals surface area contributed by atoms with Gasteiger partial charge in [-0.2, -0.15) is 0 Å². The van der Waals surface area contributed by atoms with Crippen molar-refractivity contribution in [2.75, 3.05) is 26.8 Å². The zero-order chi connectivity index (χ0) is 12.7. The van der Waals surface area contributed by atoms with Crippen molar-refractivity contribution in [3.8, 4) is 0 Å². The van der Waals surface area contributed by atoms with E-state index < -0.39 is 0 Å². The number of hydrogen-bond donors (Lipinski definition) is 1. The molecule has 17 heavy (non-hydrogen) atoms. The molecule has 1 saturated heterocycles. The smallest absolute Gasteiger partial charge is 0.0589 e. The molecule has 0 spiro atoms. The molecule has 102 valence electrons. The van der Waals surface area contributed by atoms with E-state index in [4.69, 9.17) is 4.74 Å². The molecule has 0 aromatic heterocycles. The van der Waals surface area contributed by atoms with Gasteiger partial charge in [0.05, 0.1) is 6.61 Å². The van der Waals surface area contributed by atoms with Crippen LogP contribution in [-0.4, -0.2) is 49.8 Å². The highest BCUT2D eigenvalue weighted by Gasteiger charge is 2.21. The summed E-state index contributed by atoms with van der Waals surface area (Å²) in [5.74, 6) is 0. The molecule has 0 bridgehead atoms. The van der Waals surface area contributed by atoms with Crippen LogP contribution < -0.4 is 5.32 Å². The summed E-state index contributed by atoms with van der Waals surface area (Å²) < 4.78 is 5.21. The fraction of sp³-hybridized carbons (Fsp3) is 1.00. The number of rotatable bonds is 7. The molecule has 0 amide bonds. The van der Waals surface area contributed by atoms with E-state index in [1.165, 1.54) is 32.2 Å². The Bertz CT molecular complexity index is 191. The summed E-state index contributed by atoms with van der Waals surface area (Å²) in [6.45, 7) is 9.99. The van der Waals surface area contributed by atoms with E-state index in [1.807, 2.05) is 0 Å². The van der Waals surface area contributed by atoms with Gasteiger partial charge in [0, 0.05) is 31.8 Å². The van der Waals surface area contributed by atoms with Crippen molar-refractivity contribution in [2.24, 2.45) is 0 Å². The van der Waals surface area contributed by atoms with Gasteiger partial charge in [0.15, 0.2) is 0 Å². The first-order chi connectivity index (χ1) is 8.15. The molecule has 1 rings (SSSR count). The highest BCUT2D eigenvalue weighted by atomic mass is 16.5. The predicted octanol–water partition coefficient (Wildman–Crippen LogP) is 2.26. The summed E-state index contributed by atoms with van der Waals surface area (Å²) in [4.78, 5) is 2.56. The van der Waals surface area contributed by atoms with Crippen LogP contribution in [0.1, 0.15) is 46.5 Å². The standard InChI is InChI=1S/C14H30N2O/c1-12(2)16(9-10-17-4)13(3)11-14-7-5-6-8-15-14/h12-15H,5-11H2,1-4H3. The van der Waals surface area contributed by atoms with Crippen molar-refractivity contribution in [1.82, 2.24) is 10.2 Å². The Morgan fingerprint density at radius 3 is 2.59 bits per heavy atom. The number of piperidine rings is 1. The lowest BCUT2D eigenvalue weighted by Crippen LogP contribution is -2.45. The maximum atomic E-state index is 5.21. The molecule has 2 unspecified atom stereocenters. The SMILES string of the molecule is COCCN(C(C)C)C(C)CC1CCCCN1. The highest BCUT2D eigenvalue weighted by molar-refractivity contribution is 4.80. The third-order valence-electron chi connectivity index (χ3n) is 3.82. The molecule has 3 heteroatoms. The van der Waals surface area contributed by atoms with Gasteiger partial charge in [-0.3, -0.25) is 4.90 Å². The van der Waals surface area contributed by atoms with Crippen LogP contribution in [0.4, 0.5) is 0 Å². The molecule has 2 atom stereocenters. The van der Waals surface area contributed by atoms with Crippen molar-refractivity contribution in [3.63, 3.8) is 0 Å². The van der Waals surface area contributed by atoms with E-state index >= 15 is 0 Å². The Morgan fingerprint density at radius 1 is 1.29 bits per heavy atom. The molecule has 0 aromatic rings. The maximum Gasteiger partial charge on any atom is 0.0589 e. The van der Waals surface area contributed by atoms with Gasteiger partial charge in [-0.15, -0.1) is 0 Å². The average molecular weight is 242 g/mol. The Kier molecular flexibility index (Phi) is 7.09. The third-order valence-corrected chi connectivity index (χ3v) is 3.82. The van der Waals surface area contributed by atoms with Crippen LogP contribution >= 0.6 is 0 Å². The summed E-state index contributed by atoms with van der Waals surface area (Å²) in [6.07, 6.45) is 5.36. The van der Waals surface area contributed by atoms with E-state index in [-0.39, 0.29) is 0 Å². The molecule has 1 aliphatic heterocycles. The van der Waals surface area contributed by atoms with Crippen molar-refractivity contribution in [2.45, 2.75) is 64.6 Å². The molecule has 0 saturated carbocycles. The fourth-order valence-corrected chi connectivity index (χ4v) is 2.86. The summed E-state index contributed by atoms with van der Waals surface area (Å²) in [7, 11) is 1.78. The largest absolute Gasteiger partial charge is 0.383 e. The summed E-state index contributed by atoms with van der Waals surface area (Å²) in [5.41, 5.74) is 0. The topological polar surface area (TPSA) is 24.5 Å². The Hall–Kier alpha value is -0.120. The van der Waals surface area contributed by atoms with Gasteiger partial charge in [0.1, 0.15) is 0 Å². The molecule has 3 nitrogen and oxygen atoms in total. The summed E-state index contributed by atoms with van der Waals surface area (Å²) in [6, 6.07) is 1.96. The molecule has 0 radical (unpaired) electrons. The second kappa shape index (κ2) is 8.06. The zero-order valence-electron chi connectivity index (χ0n) is 12.0. The number of methoxy groups -OCH3 is 1. The minimum absolute atomic E-state index is 0.601. The second-order valence-electron chi connectivity index (χ2n) is 5.56. The van der Waals surface area contributed by atoms with Gasteiger partial charge < -0.3 is 10.1 Å². The van der Waals surface area contributed by atoms with Crippen molar-refractivity contribution in [1.29, 1.82) is 0 Å². The van der Waals surface area contributed by atoms with E-state index in [0.29, 0.717) is 12.1 Å². The van der Waals surface area contributed by atoms with Gasteiger partial charge in [0.25, 0.3) is 0 Å². The zero-order valence-corrected chi connectivity index (χ0v) is 12.0. The molecule has 0 aliphatic carbocycles. The van der Waals surface area contributed by atoms with Crippen molar-refractivity contribution < 1.29 is 4.74 Å². The molecular weight excluding hydrogens is 212 g/mol. The van der Waals surface area contributed by atoms with E-state index in [1.54, 1.807) is 7.11 Å². The maximum absolute atomic E-state index is 5.21. The Labute approximate surface area is 107 Å². The fourth-order valence-electron chi connectivity index (χ4n) is 2.86. The van der Waals surface area contributed by atoms with Crippen LogP contribution in [-0.2, 0) is 4.74 Å². The molecule has 1 heterocycles. The van der Waals surface area contributed by atoms with Crippen LogP contribution in [0.25, 0.3) is 0 Å². The molecule has 1 fully saturated rings. The minimum Gasteiger partial charge on any atom is -0.383 e. The summed E-state index contributed by atoms with van der Waals surface area (Å²) >= 11 is 0. The minimum atomic E-state index is 0.601. The van der Waals surface area contributed by atoms with Gasteiger partial charge >= 0.3 is 0 Å². The number of hydrogen-bond acceptors (Lipinski definition) is 3. The van der Waals surface area contributed by atoms with Gasteiger partial charge in [0.2, 0.25) is 0 Å². The lowest BCUT2D eigenvalue weighted by molar-refractivity contribution is 0.0920. The van der Waals surface area contributed by atoms with Crippen LogP contribution in [0.15, 0.2) is 0 Å². The van der Waals surface area contributed by atoms with Crippen LogP contribution in [0.5, 0.6) is 0 Å². The quantitative estimate of drug-likeness (QED) is 0.741. The Balaban J connectivity index is 2.37. The number of ether oxygens (including phenoxy) is 1. The first-order valence-electron chi connectivity index (χ1n) is 7.13. The lowest BCUT2D eigenvalue weighted by atomic mass is 9.97. The third kappa shape index (κ3) is 5.36. The first kappa shape index (κ1) is 14.9. The van der Waals surface area contributed by atoms with Crippen molar-refractivity contribution in [3.05, 3.63) is 0 Å². The normalized spacial score (nSPS) is 23.3. The summed E-state index contributed by atoms with van der Waals surface area (Å²) in [5, 5.41) is 3.64. The van der Waals surface area contributed by atoms with Crippen LogP contribution in [0.2, 0.25) is 0 Å². The molecular formula is C14H30N2O. The predicted molar refractivity (Wildman–Crippen MR) is 73.4 cm³/mol. The molecule has 1 aliphatic rings. The molecule has 1 N–H and O–H groups in total. The van der Waals surface area contributed by atoms with Crippen molar-refractivity contribution >= 4 is 0 Å². The average Bonchev–Trinajstić information content (AvgIpc) is 2.30. The van der Waals surface area contributed by atoms with Gasteiger partial charge in [-0.25, -0.2) is 0 Å². The lowest BCUT2D eigenvalue weighted by Gasteiger charge is -2.35. The molecule has 0 aromatic carbocycles. The van der Waals surface area contributed by atoms with E-state index in [0.717, 1.165) is 19.2 Å². The first-order valence-corrected chi connectivity index (χ1v) is 7.13. The van der Waals surface area contributed by atoms with Crippen LogP contribution in [0, 0.1) is 0 Å². The number of nitrogens with one attached hydrogen (secondary N) is 1. The van der Waals surface area contributed by atoms with E-state index in [9.17, 15) is 0 Å². The second-order valence-corrected chi connectivity index (χ2v) is 5.56. The van der Waals surface area contributed by atoms with Gasteiger partial charge in [-0.1, -0.05) is 6.42 Å².